The highest BCUT2D eigenvalue weighted by atomic mass is 19.3. The van der Waals surface area contributed by atoms with Gasteiger partial charge in [0.2, 0.25) is 5.91 Å². The van der Waals surface area contributed by atoms with E-state index in [2.05, 4.69) is 20.7 Å². The van der Waals surface area contributed by atoms with Crippen molar-refractivity contribution in [3.63, 3.8) is 0 Å². The van der Waals surface area contributed by atoms with E-state index in [0.717, 1.165) is 18.4 Å². The van der Waals surface area contributed by atoms with Gasteiger partial charge in [0.25, 0.3) is 0 Å². The topological polar surface area (TPSA) is 79.5 Å². The third-order valence-electron chi connectivity index (χ3n) is 4.12. The number of alkyl halides is 2. The molecule has 3 N–H and O–H groups in total. The number of ether oxygens (including phenoxy) is 1. The molecule has 0 saturated heterocycles. The number of benzene rings is 2. The number of amides is 3. The first-order valence-electron chi connectivity index (χ1n) is 8.95. The monoisotopic (exact) mass is 389 g/mol. The third kappa shape index (κ3) is 6.22. The first-order chi connectivity index (χ1) is 13.5. The summed E-state index contributed by atoms with van der Waals surface area (Å²) in [6.07, 6.45) is 2.28. The van der Waals surface area contributed by atoms with E-state index in [1.54, 1.807) is 6.07 Å². The lowest BCUT2D eigenvalue weighted by molar-refractivity contribution is -0.115. The molecule has 3 amide bonds. The van der Waals surface area contributed by atoms with Crippen LogP contribution >= 0.6 is 0 Å². The van der Waals surface area contributed by atoms with Crippen molar-refractivity contribution in [2.45, 2.75) is 31.9 Å². The van der Waals surface area contributed by atoms with Crippen LogP contribution in [0.5, 0.6) is 5.75 Å². The van der Waals surface area contributed by atoms with Gasteiger partial charge in [0, 0.05) is 23.7 Å². The lowest BCUT2D eigenvalue weighted by Gasteiger charge is -2.14. The summed E-state index contributed by atoms with van der Waals surface area (Å²) in [5.41, 5.74) is 1.87. The molecule has 0 bridgehead atoms. The van der Waals surface area contributed by atoms with Crippen LogP contribution < -0.4 is 20.7 Å². The van der Waals surface area contributed by atoms with Gasteiger partial charge >= 0.3 is 12.6 Å². The van der Waals surface area contributed by atoms with Crippen LogP contribution in [0, 0.1) is 0 Å². The summed E-state index contributed by atoms with van der Waals surface area (Å²) in [5, 5.41) is 7.85. The van der Waals surface area contributed by atoms with Crippen LogP contribution in [0.15, 0.2) is 48.5 Å². The van der Waals surface area contributed by atoms with Crippen LogP contribution in [0.3, 0.4) is 0 Å². The quantitative estimate of drug-likeness (QED) is 0.648. The Morgan fingerprint density at radius 2 is 1.86 bits per heavy atom. The smallest absolute Gasteiger partial charge is 0.387 e. The number of hydrogen-bond acceptors (Lipinski definition) is 3. The molecule has 1 fully saturated rings. The molecule has 148 valence electrons. The fourth-order valence-corrected chi connectivity index (χ4v) is 2.65. The van der Waals surface area contributed by atoms with Crippen molar-refractivity contribution in [1.82, 2.24) is 10.6 Å². The maximum atomic E-state index is 12.7. The van der Waals surface area contributed by atoms with Crippen LogP contribution in [0.1, 0.15) is 24.0 Å². The highest BCUT2D eigenvalue weighted by Gasteiger charge is 2.23. The molecule has 1 aliphatic rings. The van der Waals surface area contributed by atoms with Crippen LogP contribution in [0.4, 0.5) is 19.3 Å². The van der Waals surface area contributed by atoms with Crippen molar-refractivity contribution < 1.29 is 23.1 Å². The van der Waals surface area contributed by atoms with Gasteiger partial charge in [-0.2, -0.15) is 8.78 Å². The van der Waals surface area contributed by atoms with Crippen molar-refractivity contribution in [2.75, 3.05) is 11.9 Å². The molecule has 0 aliphatic heterocycles. The predicted octanol–water partition coefficient (Wildman–Crippen LogP) is 3.28. The Hall–Kier alpha value is -3.16. The van der Waals surface area contributed by atoms with Gasteiger partial charge in [-0.25, -0.2) is 4.79 Å². The minimum atomic E-state index is -2.94. The van der Waals surface area contributed by atoms with E-state index in [1.165, 1.54) is 12.1 Å². The summed E-state index contributed by atoms with van der Waals surface area (Å²) < 4.78 is 30.0. The summed E-state index contributed by atoms with van der Waals surface area (Å²) in [4.78, 5) is 23.6. The van der Waals surface area contributed by atoms with E-state index < -0.39 is 12.5 Å². The molecule has 0 spiro atoms. The van der Waals surface area contributed by atoms with Gasteiger partial charge in [-0.3, -0.25) is 4.79 Å². The number of rotatable bonds is 8. The third-order valence-corrected chi connectivity index (χ3v) is 4.12. The van der Waals surface area contributed by atoms with Crippen molar-refractivity contribution >= 4 is 17.6 Å². The number of halogens is 2. The van der Waals surface area contributed by atoms with E-state index in [1.807, 2.05) is 30.3 Å². The van der Waals surface area contributed by atoms with Gasteiger partial charge < -0.3 is 20.7 Å². The van der Waals surface area contributed by atoms with Crippen LogP contribution in [0.25, 0.3) is 0 Å². The second-order valence-electron chi connectivity index (χ2n) is 6.51. The van der Waals surface area contributed by atoms with E-state index >= 15 is 0 Å². The molecule has 0 radical (unpaired) electrons. The lowest BCUT2D eigenvalue weighted by atomic mass is 10.0. The molecule has 1 aliphatic carbocycles. The average Bonchev–Trinajstić information content (AvgIpc) is 3.47. The average molecular weight is 389 g/mol. The van der Waals surface area contributed by atoms with Crippen LogP contribution in [0.2, 0.25) is 0 Å². The van der Waals surface area contributed by atoms with Crippen molar-refractivity contribution in [1.29, 1.82) is 0 Å². The molecule has 3 rings (SSSR count). The second kappa shape index (κ2) is 9.16. The number of urea groups is 1. The molecule has 0 atom stereocenters. The standard InChI is InChI=1S/C20H21F2N3O3/c21-19(22)28-17-9-8-16(11-14(17)10-13-4-2-1-3-5-13)24-18(26)12-23-20(27)25-15-6-7-15/h1-5,8-9,11,15,19H,6-7,10,12H2,(H,24,26)(H2,23,25,27). The molecule has 6 nitrogen and oxygen atoms in total. The highest BCUT2D eigenvalue weighted by molar-refractivity contribution is 5.94. The highest BCUT2D eigenvalue weighted by Crippen LogP contribution is 2.27. The zero-order valence-electron chi connectivity index (χ0n) is 15.1. The Labute approximate surface area is 161 Å². The summed E-state index contributed by atoms with van der Waals surface area (Å²) in [6.45, 7) is -3.13. The van der Waals surface area contributed by atoms with E-state index in [9.17, 15) is 18.4 Å². The maximum absolute atomic E-state index is 12.7. The van der Waals surface area contributed by atoms with Gasteiger partial charge in [-0.15, -0.1) is 0 Å². The summed E-state index contributed by atoms with van der Waals surface area (Å²) in [5.74, 6) is -0.363. The minimum Gasteiger partial charge on any atom is -0.435 e. The number of carbonyl (C=O) groups excluding carboxylic acids is 2. The van der Waals surface area contributed by atoms with E-state index in [0.29, 0.717) is 17.7 Å². The van der Waals surface area contributed by atoms with Gasteiger partial charge in [0.1, 0.15) is 5.75 Å². The van der Waals surface area contributed by atoms with Gasteiger partial charge in [-0.05, 0) is 36.6 Å². The maximum Gasteiger partial charge on any atom is 0.387 e. The van der Waals surface area contributed by atoms with Crippen molar-refractivity contribution in [2.24, 2.45) is 0 Å². The lowest BCUT2D eigenvalue weighted by Crippen LogP contribution is -2.40. The number of carbonyl (C=O) groups is 2. The summed E-state index contributed by atoms with van der Waals surface area (Å²) >= 11 is 0. The first kappa shape index (κ1) is 19.6. The summed E-state index contributed by atoms with van der Waals surface area (Å²) in [6, 6.07) is 13.6. The normalized spacial score (nSPS) is 13.1. The molecule has 8 heteroatoms. The molecule has 0 aromatic heterocycles. The Balaban J connectivity index is 1.64. The Kier molecular flexibility index (Phi) is 6.41. The SMILES string of the molecule is O=C(CNC(=O)NC1CC1)Nc1ccc(OC(F)F)c(Cc2ccccc2)c1. The molecule has 28 heavy (non-hydrogen) atoms. The number of nitrogens with one attached hydrogen (secondary N) is 3. The Morgan fingerprint density at radius 3 is 2.54 bits per heavy atom. The molecular weight excluding hydrogens is 368 g/mol. The Bertz CT molecular complexity index is 827. The largest absolute Gasteiger partial charge is 0.435 e. The van der Waals surface area contributed by atoms with E-state index in [4.69, 9.17) is 0 Å². The van der Waals surface area contributed by atoms with Gasteiger partial charge in [0.15, 0.2) is 0 Å². The molecule has 2 aromatic rings. The summed E-state index contributed by atoms with van der Waals surface area (Å²) in [7, 11) is 0. The van der Waals surface area contributed by atoms with Crippen LogP contribution in [-0.4, -0.2) is 31.1 Å². The predicted molar refractivity (Wildman–Crippen MR) is 101 cm³/mol. The molecule has 1 saturated carbocycles. The zero-order valence-corrected chi connectivity index (χ0v) is 15.1. The van der Waals surface area contributed by atoms with E-state index in [-0.39, 0.29) is 24.4 Å². The fourth-order valence-electron chi connectivity index (χ4n) is 2.65. The molecular formula is C20H21F2N3O3. The molecule has 0 unspecified atom stereocenters. The molecule has 0 heterocycles. The number of anilines is 1. The minimum absolute atomic E-state index is 0.0544. The fraction of sp³-hybridized carbons (Fsp3) is 0.300. The number of hydrogen-bond donors (Lipinski definition) is 3. The Morgan fingerprint density at radius 1 is 1.11 bits per heavy atom. The van der Waals surface area contributed by atoms with Gasteiger partial charge in [-0.1, -0.05) is 30.3 Å². The second-order valence-corrected chi connectivity index (χ2v) is 6.51. The first-order valence-corrected chi connectivity index (χ1v) is 8.95. The molecule has 2 aromatic carbocycles. The van der Waals surface area contributed by atoms with Crippen molar-refractivity contribution in [3.05, 3.63) is 59.7 Å². The van der Waals surface area contributed by atoms with Crippen molar-refractivity contribution in [3.8, 4) is 5.75 Å². The van der Waals surface area contributed by atoms with Crippen LogP contribution in [-0.2, 0) is 11.2 Å². The van der Waals surface area contributed by atoms with Gasteiger partial charge in [0.05, 0.1) is 6.54 Å². The zero-order chi connectivity index (χ0) is 19.9.